The molecule has 4 nitrogen and oxygen atoms in total. The molecule has 2 heterocycles. The van der Waals surface area contributed by atoms with Gasteiger partial charge in [-0.1, -0.05) is 0 Å². The average Bonchev–Trinajstić information content (AvgIpc) is 2.62. The van der Waals surface area contributed by atoms with Crippen LogP contribution in [0.1, 0.15) is 43.6 Å². The molecule has 22 heavy (non-hydrogen) atoms. The predicted molar refractivity (Wildman–Crippen MR) is 90.5 cm³/mol. The van der Waals surface area contributed by atoms with Gasteiger partial charge in [0.2, 0.25) is 0 Å². The molecule has 4 heteroatoms. The molecule has 0 radical (unpaired) electrons. The Kier molecular flexibility index (Phi) is 5.08. The summed E-state index contributed by atoms with van der Waals surface area (Å²) in [5, 5.41) is 3.43. The van der Waals surface area contributed by atoms with Crippen LogP contribution in [0.4, 0.5) is 5.69 Å². The number of anilines is 1. The van der Waals surface area contributed by atoms with Crippen molar-refractivity contribution >= 4 is 5.69 Å². The molecule has 1 aromatic carbocycles. The minimum absolute atomic E-state index is 0.570. The summed E-state index contributed by atoms with van der Waals surface area (Å²) in [7, 11) is 3.56. The molecule has 122 valence electrons. The van der Waals surface area contributed by atoms with Crippen LogP contribution in [0.3, 0.4) is 0 Å². The van der Waals surface area contributed by atoms with E-state index in [1.54, 1.807) is 14.2 Å². The molecule has 0 atom stereocenters. The number of hydrogen-bond donors (Lipinski definition) is 1. The Balaban J connectivity index is 1.94. The van der Waals surface area contributed by atoms with Gasteiger partial charge in [0.1, 0.15) is 11.5 Å². The lowest BCUT2D eigenvalue weighted by Gasteiger charge is -2.32. The maximum Gasteiger partial charge on any atom is 0.142 e. The van der Waals surface area contributed by atoms with Gasteiger partial charge >= 0.3 is 0 Å². The Hall–Kier alpha value is -1.42. The molecule has 0 aromatic heterocycles. The quantitative estimate of drug-likeness (QED) is 0.926. The summed E-state index contributed by atoms with van der Waals surface area (Å²) in [5.41, 5.74) is 2.50. The van der Waals surface area contributed by atoms with Gasteiger partial charge in [-0.3, -0.25) is 0 Å². The van der Waals surface area contributed by atoms with E-state index in [2.05, 4.69) is 22.3 Å². The fraction of sp³-hybridized carbons (Fsp3) is 0.667. The monoisotopic (exact) mass is 304 g/mol. The van der Waals surface area contributed by atoms with Gasteiger partial charge in [-0.25, -0.2) is 0 Å². The van der Waals surface area contributed by atoms with E-state index in [9.17, 15) is 0 Å². The van der Waals surface area contributed by atoms with E-state index in [-0.39, 0.29) is 0 Å². The summed E-state index contributed by atoms with van der Waals surface area (Å²) in [6, 6.07) is 4.42. The molecule has 1 aromatic rings. The highest BCUT2D eigenvalue weighted by Gasteiger charge is 2.23. The number of ether oxygens (including phenoxy) is 2. The van der Waals surface area contributed by atoms with Crippen molar-refractivity contribution in [3.8, 4) is 11.5 Å². The van der Waals surface area contributed by atoms with Gasteiger partial charge in [-0.05, 0) is 57.2 Å². The molecule has 2 fully saturated rings. The molecular formula is C18H28N2O2. The first-order chi connectivity index (χ1) is 10.8. The topological polar surface area (TPSA) is 33.7 Å². The second-order valence-electron chi connectivity index (χ2n) is 6.34. The Morgan fingerprint density at radius 1 is 0.955 bits per heavy atom. The molecule has 0 aliphatic carbocycles. The van der Waals surface area contributed by atoms with Crippen LogP contribution in [0.5, 0.6) is 11.5 Å². The third-order valence-corrected chi connectivity index (χ3v) is 5.01. The van der Waals surface area contributed by atoms with Gasteiger partial charge in [0.15, 0.2) is 0 Å². The number of benzene rings is 1. The lowest BCUT2D eigenvalue weighted by molar-refractivity contribution is 0.382. The molecule has 0 amide bonds. The van der Waals surface area contributed by atoms with Gasteiger partial charge in [0.25, 0.3) is 0 Å². The van der Waals surface area contributed by atoms with Crippen molar-refractivity contribution < 1.29 is 9.47 Å². The normalized spacial score (nSPS) is 20.0. The molecule has 0 spiro atoms. The van der Waals surface area contributed by atoms with Crippen molar-refractivity contribution in [1.82, 2.24) is 5.32 Å². The second-order valence-corrected chi connectivity index (χ2v) is 6.34. The van der Waals surface area contributed by atoms with E-state index in [0.717, 1.165) is 37.7 Å². The van der Waals surface area contributed by atoms with E-state index in [1.807, 2.05) is 0 Å². The Morgan fingerprint density at radius 3 is 2.27 bits per heavy atom. The average molecular weight is 304 g/mol. The van der Waals surface area contributed by atoms with Crippen LogP contribution in [0.2, 0.25) is 0 Å². The summed E-state index contributed by atoms with van der Waals surface area (Å²) in [6.07, 6.45) is 6.21. The first-order valence-corrected chi connectivity index (χ1v) is 8.55. The smallest absolute Gasteiger partial charge is 0.142 e. The maximum atomic E-state index is 5.73. The molecule has 2 saturated heterocycles. The van der Waals surface area contributed by atoms with Crippen LogP contribution in [-0.2, 0) is 0 Å². The van der Waals surface area contributed by atoms with E-state index in [0.29, 0.717) is 5.92 Å². The van der Waals surface area contributed by atoms with Gasteiger partial charge < -0.3 is 19.7 Å². The zero-order chi connectivity index (χ0) is 15.4. The van der Waals surface area contributed by atoms with Gasteiger partial charge in [0, 0.05) is 24.7 Å². The molecule has 0 bridgehead atoms. The minimum atomic E-state index is 0.570. The summed E-state index contributed by atoms with van der Waals surface area (Å²) in [6.45, 7) is 4.41. The van der Waals surface area contributed by atoms with E-state index in [1.165, 1.54) is 43.4 Å². The third kappa shape index (κ3) is 3.17. The molecule has 2 aliphatic heterocycles. The molecular weight excluding hydrogens is 276 g/mol. The number of hydrogen-bond acceptors (Lipinski definition) is 4. The highest BCUT2D eigenvalue weighted by atomic mass is 16.5. The SMILES string of the molecule is COc1cc(N2CCCCC2)c(OC)cc1C1CCNCC1. The first kappa shape index (κ1) is 15.5. The zero-order valence-electron chi connectivity index (χ0n) is 13.9. The highest BCUT2D eigenvalue weighted by Crippen LogP contribution is 2.41. The minimum Gasteiger partial charge on any atom is -0.496 e. The summed E-state index contributed by atoms with van der Waals surface area (Å²) in [4.78, 5) is 2.44. The van der Waals surface area contributed by atoms with Crippen molar-refractivity contribution in [2.24, 2.45) is 0 Å². The van der Waals surface area contributed by atoms with Crippen molar-refractivity contribution in [3.05, 3.63) is 17.7 Å². The lowest BCUT2D eigenvalue weighted by Crippen LogP contribution is -2.30. The Morgan fingerprint density at radius 2 is 1.64 bits per heavy atom. The van der Waals surface area contributed by atoms with E-state index in [4.69, 9.17) is 9.47 Å². The second kappa shape index (κ2) is 7.23. The van der Waals surface area contributed by atoms with Crippen molar-refractivity contribution in [3.63, 3.8) is 0 Å². The number of piperidine rings is 2. The van der Waals surface area contributed by atoms with Crippen molar-refractivity contribution in [2.75, 3.05) is 45.3 Å². The summed E-state index contributed by atoms with van der Waals surface area (Å²) in [5.74, 6) is 2.59. The Labute approximate surface area is 133 Å². The van der Waals surface area contributed by atoms with Crippen LogP contribution in [0.25, 0.3) is 0 Å². The summed E-state index contributed by atoms with van der Waals surface area (Å²) < 4.78 is 11.4. The predicted octanol–water partition coefficient (Wildman–Crippen LogP) is 3.16. The molecule has 1 N–H and O–H groups in total. The molecule has 2 aliphatic rings. The third-order valence-electron chi connectivity index (χ3n) is 5.01. The fourth-order valence-corrected chi connectivity index (χ4v) is 3.74. The zero-order valence-corrected chi connectivity index (χ0v) is 13.9. The molecule has 0 saturated carbocycles. The van der Waals surface area contributed by atoms with Gasteiger partial charge in [-0.2, -0.15) is 0 Å². The highest BCUT2D eigenvalue weighted by molar-refractivity contribution is 5.64. The maximum absolute atomic E-state index is 5.73. The number of nitrogens with one attached hydrogen (secondary N) is 1. The molecule has 3 rings (SSSR count). The van der Waals surface area contributed by atoms with Gasteiger partial charge in [0.05, 0.1) is 19.9 Å². The number of nitrogens with zero attached hydrogens (tertiary/aromatic N) is 1. The van der Waals surface area contributed by atoms with Crippen LogP contribution in [0, 0.1) is 0 Å². The largest absolute Gasteiger partial charge is 0.496 e. The Bertz CT molecular complexity index is 446. The van der Waals surface area contributed by atoms with Crippen LogP contribution in [-0.4, -0.2) is 40.4 Å². The summed E-state index contributed by atoms with van der Waals surface area (Å²) >= 11 is 0. The van der Waals surface area contributed by atoms with Crippen molar-refractivity contribution in [2.45, 2.75) is 38.0 Å². The van der Waals surface area contributed by atoms with Crippen LogP contribution in [0.15, 0.2) is 12.1 Å². The molecule has 0 unspecified atom stereocenters. The van der Waals surface area contributed by atoms with Crippen molar-refractivity contribution in [1.29, 1.82) is 0 Å². The fourth-order valence-electron chi connectivity index (χ4n) is 3.74. The standard InChI is InChI=1S/C18H28N2O2/c1-21-17-13-16(20-10-4-3-5-11-20)18(22-2)12-15(17)14-6-8-19-9-7-14/h12-14,19H,3-11H2,1-2H3. The lowest BCUT2D eigenvalue weighted by atomic mass is 9.89. The van der Waals surface area contributed by atoms with E-state index >= 15 is 0 Å². The van der Waals surface area contributed by atoms with E-state index < -0.39 is 0 Å². The van der Waals surface area contributed by atoms with Crippen LogP contribution < -0.4 is 19.7 Å². The van der Waals surface area contributed by atoms with Gasteiger partial charge in [-0.15, -0.1) is 0 Å². The number of methoxy groups -OCH3 is 2. The number of rotatable bonds is 4. The first-order valence-electron chi connectivity index (χ1n) is 8.55. The van der Waals surface area contributed by atoms with Crippen LogP contribution >= 0.6 is 0 Å².